The van der Waals surface area contributed by atoms with Crippen molar-refractivity contribution in [3.63, 3.8) is 0 Å². The Labute approximate surface area is 335 Å². The van der Waals surface area contributed by atoms with Gasteiger partial charge in [0.2, 0.25) is 10.0 Å². The van der Waals surface area contributed by atoms with E-state index in [1.807, 2.05) is 6.07 Å². The second-order valence-electron chi connectivity index (χ2n) is 15.5. The number of fused-ring (bicyclic) bond motifs is 8. The number of halogens is 1. The summed E-state index contributed by atoms with van der Waals surface area (Å²) in [7, 11) is -4.14. The molecule has 57 heavy (non-hydrogen) atoms. The third-order valence-corrected chi connectivity index (χ3v) is 14.5. The summed E-state index contributed by atoms with van der Waals surface area (Å²) in [5.41, 5.74) is 8.19. The molecule has 6 aliphatic rings. The summed E-state index contributed by atoms with van der Waals surface area (Å²) in [6, 6.07) is 14.8. The standard InChI is InChI=1S/C42H41ClN4O9S/c43-28-9-14-33-36(25-28)57(51,52)46(19-20-53-21-22-54-41(48)55-30-12-10-29(11-13-30)47(49)50)42(33)34-23-26-5-1-15-44-17-3-7-31(37(26)44)39(34)56-40-32-8-4-18-45-16-2-6-27(38(32)45)24-35(40)42/h9-14,23-25H,1-8,15-22H2. The van der Waals surface area contributed by atoms with E-state index in [4.69, 9.17) is 30.5 Å². The highest BCUT2D eigenvalue weighted by Gasteiger charge is 2.61. The van der Waals surface area contributed by atoms with Crippen molar-refractivity contribution < 1.29 is 37.1 Å². The van der Waals surface area contributed by atoms with E-state index in [1.54, 1.807) is 16.4 Å². The second-order valence-corrected chi connectivity index (χ2v) is 17.7. The highest BCUT2D eigenvalue weighted by Crippen LogP contribution is 2.64. The van der Waals surface area contributed by atoms with Crippen LogP contribution in [-0.2, 0) is 50.7 Å². The molecule has 6 heterocycles. The molecule has 13 nitrogen and oxygen atoms in total. The predicted octanol–water partition coefficient (Wildman–Crippen LogP) is 7.28. The van der Waals surface area contributed by atoms with Crippen molar-refractivity contribution in [2.75, 3.05) is 62.3 Å². The zero-order chi connectivity index (χ0) is 39.1. The van der Waals surface area contributed by atoms with Gasteiger partial charge in [-0.05, 0) is 98.9 Å². The number of nitro groups is 1. The summed E-state index contributed by atoms with van der Waals surface area (Å²) >= 11 is 6.59. The fraction of sp³-hybridized carbons (Fsp3) is 0.405. The van der Waals surface area contributed by atoms with Crippen LogP contribution < -0.4 is 19.3 Å². The first-order valence-corrected chi connectivity index (χ1v) is 21.5. The van der Waals surface area contributed by atoms with Gasteiger partial charge in [-0.2, -0.15) is 4.31 Å². The number of carbonyl (C=O) groups excluding carboxylic acids is 1. The molecule has 4 aromatic carbocycles. The number of aryl methyl sites for hydroxylation is 2. The monoisotopic (exact) mass is 812 g/mol. The molecule has 0 fully saturated rings. The van der Waals surface area contributed by atoms with Crippen LogP contribution in [0.4, 0.5) is 21.9 Å². The number of non-ortho nitro benzene ring substituents is 1. The van der Waals surface area contributed by atoms with Gasteiger partial charge < -0.3 is 28.7 Å². The molecule has 1 spiro atoms. The largest absolute Gasteiger partial charge is 0.513 e. The topological polar surface area (TPSA) is 141 Å². The first-order chi connectivity index (χ1) is 27.7. The smallest absolute Gasteiger partial charge is 0.456 e. The average molecular weight is 813 g/mol. The molecule has 0 saturated carbocycles. The SMILES string of the molecule is O=C(OCCOCCN1C2(c3ccc(Cl)cc3S1(=O)=O)c1cc3c4c(c1Oc1c2cc2c5c1CCCN5CCC2)CCCN4CCC3)Oc1ccc([N+](=O)[O-])cc1. The molecule has 15 heteroatoms. The second kappa shape index (κ2) is 13.9. The van der Waals surface area contributed by atoms with Gasteiger partial charge in [0.05, 0.1) is 23.0 Å². The van der Waals surface area contributed by atoms with Gasteiger partial charge in [-0.25, -0.2) is 13.2 Å². The Kier molecular flexibility index (Phi) is 8.88. The molecular formula is C42H41ClN4O9S. The average Bonchev–Trinajstić information content (AvgIpc) is 3.39. The highest BCUT2D eigenvalue weighted by molar-refractivity contribution is 7.89. The van der Waals surface area contributed by atoms with E-state index >= 15 is 8.42 Å². The number of nitrogens with zero attached hydrogens (tertiary/aromatic N) is 4. The first-order valence-electron chi connectivity index (χ1n) is 19.7. The molecule has 0 atom stereocenters. The van der Waals surface area contributed by atoms with Crippen molar-refractivity contribution in [3.8, 4) is 17.2 Å². The van der Waals surface area contributed by atoms with Crippen molar-refractivity contribution >= 4 is 44.8 Å². The third-order valence-electron chi connectivity index (χ3n) is 12.3. The number of hydrogen-bond acceptors (Lipinski definition) is 11. The molecule has 0 aliphatic carbocycles. The van der Waals surface area contributed by atoms with Crippen molar-refractivity contribution in [1.82, 2.24) is 4.31 Å². The minimum Gasteiger partial charge on any atom is -0.456 e. The predicted molar refractivity (Wildman–Crippen MR) is 212 cm³/mol. The molecule has 0 bridgehead atoms. The van der Waals surface area contributed by atoms with Crippen molar-refractivity contribution in [1.29, 1.82) is 0 Å². The van der Waals surface area contributed by atoms with Gasteiger partial charge in [0.15, 0.2) is 0 Å². The first kappa shape index (κ1) is 36.5. The van der Waals surface area contributed by atoms with Gasteiger partial charge in [0.1, 0.15) is 29.4 Å². The summed E-state index contributed by atoms with van der Waals surface area (Å²) in [4.78, 5) is 27.9. The normalized spacial score (nSPS) is 19.1. The Balaban J connectivity index is 1.04. The molecule has 10 rings (SSSR count). The molecule has 4 aromatic rings. The van der Waals surface area contributed by atoms with E-state index in [9.17, 15) is 14.9 Å². The molecule has 0 radical (unpaired) electrons. The van der Waals surface area contributed by atoms with E-state index in [-0.39, 0.29) is 42.7 Å². The van der Waals surface area contributed by atoms with Gasteiger partial charge in [-0.1, -0.05) is 17.7 Å². The number of nitro benzene ring substituents is 1. The van der Waals surface area contributed by atoms with Crippen LogP contribution in [0.15, 0.2) is 59.5 Å². The van der Waals surface area contributed by atoms with E-state index in [0.717, 1.165) is 111 Å². The number of anilines is 2. The summed E-state index contributed by atoms with van der Waals surface area (Å²) < 4.78 is 55.4. The quantitative estimate of drug-likeness (QED) is 0.0583. The molecule has 0 aromatic heterocycles. The lowest BCUT2D eigenvalue weighted by molar-refractivity contribution is -0.384. The third kappa shape index (κ3) is 5.70. The van der Waals surface area contributed by atoms with Crippen LogP contribution in [0, 0.1) is 10.1 Å². The molecule has 0 N–H and O–H groups in total. The van der Waals surface area contributed by atoms with Crippen LogP contribution in [0.3, 0.4) is 0 Å². The minimum absolute atomic E-state index is 0.00214. The summed E-state index contributed by atoms with van der Waals surface area (Å²) in [5.74, 6) is 1.63. The van der Waals surface area contributed by atoms with Crippen molar-refractivity contribution in [2.24, 2.45) is 0 Å². The Morgan fingerprint density at radius 2 is 1.39 bits per heavy atom. The van der Waals surface area contributed by atoms with Crippen LogP contribution in [-0.4, -0.2) is 76.3 Å². The lowest BCUT2D eigenvalue weighted by Crippen LogP contribution is -2.49. The maximum absolute atomic E-state index is 15.1. The van der Waals surface area contributed by atoms with E-state index in [1.165, 1.54) is 46.8 Å². The Bertz CT molecular complexity index is 2370. The maximum atomic E-state index is 15.1. The van der Waals surface area contributed by atoms with Gasteiger partial charge in [0, 0.05) is 89.1 Å². The van der Waals surface area contributed by atoms with E-state index in [0.29, 0.717) is 10.6 Å². The lowest BCUT2D eigenvalue weighted by Gasteiger charge is -2.48. The number of sulfonamides is 1. The highest BCUT2D eigenvalue weighted by atomic mass is 35.5. The Morgan fingerprint density at radius 3 is 1.98 bits per heavy atom. The molecule has 6 aliphatic heterocycles. The summed E-state index contributed by atoms with van der Waals surface area (Å²) in [6.07, 6.45) is 6.51. The van der Waals surface area contributed by atoms with Crippen molar-refractivity contribution in [3.05, 3.63) is 109 Å². The molecule has 0 saturated heterocycles. The van der Waals surface area contributed by atoms with Gasteiger partial charge in [0.25, 0.3) is 5.69 Å². The Morgan fingerprint density at radius 1 is 0.789 bits per heavy atom. The lowest BCUT2D eigenvalue weighted by atomic mass is 9.70. The Hall–Kier alpha value is -4.89. The van der Waals surface area contributed by atoms with Crippen LogP contribution in [0.2, 0.25) is 5.02 Å². The fourth-order valence-electron chi connectivity index (χ4n) is 10.2. The zero-order valence-corrected chi connectivity index (χ0v) is 32.8. The van der Waals surface area contributed by atoms with Crippen LogP contribution in [0.5, 0.6) is 17.2 Å². The molecule has 0 amide bonds. The summed E-state index contributed by atoms with van der Waals surface area (Å²) in [5, 5.41) is 11.3. The number of ether oxygens (including phenoxy) is 4. The van der Waals surface area contributed by atoms with Crippen LogP contribution in [0.25, 0.3) is 0 Å². The van der Waals surface area contributed by atoms with Crippen molar-refractivity contribution in [2.45, 2.75) is 61.8 Å². The molecule has 0 unspecified atom stereocenters. The number of carbonyl (C=O) groups is 1. The minimum atomic E-state index is -4.14. The number of rotatable bonds is 8. The zero-order valence-electron chi connectivity index (χ0n) is 31.3. The molecule has 296 valence electrons. The van der Waals surface area contributed by atoms with E-state index in [2.05, 4.69) is 21.9 Å². The van der Waals surface area contributed by atoms with Crippen LogP contribution >= 0.6 is 11.6 Å². The van der Waals surface area contributed by atoms with Crippen LogP contribution in [0.1, 0.15) is 64.6 Å². The maximum Gasteiger partial charge on any atom is 0.513 e. The molecular weight excluding hydrogens is 772 g/mol. The van der Waals surface area contributed by atoms with E-state index < -0.39 is 26.6 Å². The fourth-order valence-corrected chi connectivity index (χ4v) is 12.4. The number of hydrogen-bond donors (Lipinski definition) is 0. The summed E-state index contributed by atoms with van der Waals surface area (Å²) in [6.45, 7) is 3.79. The number of benzene rings is 4. The van der Waals surface area contributed by atoms with Gasteiger partial charge >= 0.3 is 6.16 Å². The van der Waals surface area contributed by atoms with Gasteiger partial charge in [-0.15, -0.1) is 0 Å². The van der Waals surface area contributed by atoms with Gasteiger partial charge in [-0.3, -0.25) is 10.1 Å².